The molecule has 0 saturated carbocycles. The Balaban J connectivity index is 2.15. The van der Waals surface area contributed by atoms with Crippen molar-refractivity contribution in [3.8, 4) is 0 Å². The van der Waals surface area contributed by atoms with Crippen LogP contribution in [0.5, 0.6) is 0 Å². The van der Waals surface area contributed by atoms with Crippen LogP contribution in [0.25, 0.3) is 0 Å². The number of aromatic nitrogens is 2. The highest BCUT2D eigenvalue weighted by molar-refractivity contribution is 14.1. The van der Waals surface area contributed by atoms with Gasteiger partial charge in [-0.1, -0.05) is 19.1 Å². The molecule has 0 bridgehead atoms. The Morgan fingerprint density at radius 3 is 2.84 bits per heavy atom. The van der Waals surface area contributed by atoms with Crippen molar-refractivity contribution >= 4 is 22.6 Å². The van der Waals surface area contributed by atoms with Gasteiger partial charge in [0.15, 0.2) is 0 Å². The Bertz CT molecular complexity index is 522. The molecule has 2 aromatic rings. The molecule has 1 aromatic heterocycles. The minimum absolute atomic E-state index is 0.356. The molecule has 0 radical (unpaired) electrons. The lowest BCUT2D eigenvalue weighted by molar-refractivity contribution is 0.549. The highest BCUT2D eigenvalue weighted by Crippen LogP contribution is 2.20. The molecule has 2 rings (SSSR count). The van der Waals surface area contributed by atoms with Crippen LogP contribution in [0.4, 0.5) is 0 Å². The third kappa shape index (κ3) is 4.04. The van der Waals surface area contributed by atoms with E-state index in [1.54, 1.807) is 0 Å². The molecule has 1 N–H and O–H groups in total. The van der Waals surface area contributed by atoms with E-state index in [2.05, 4.69) is 77.3 Å². The highest BCUT2D eigenvalue weighted by atomic mass is 127. The molecule has 0 aliphatic heterocycles. The third-order valence-corrected chi connectivity index (χ3v) is 3.82. The summed E-state index contributed by atoms with van der Waals surface area (Å²) in [7, 11) is 0. The van der Waals surface area contributed by atoms with Gasteiger partial charge in [0.2, 0.25) is 0 Å². The monoisotopic (exact) mass is 369 g/mol. The zero-order valence-electron chi connectivity index (χ0n) is 11.4. The van der Waals surface area contributed by atoms with Crippen LogP contribution in [0.15, 0.2) is 36.7 Å². The first kappa shape index (κ1) is 14.5. The van der Waals surface area contributed by atoms with E-state index in [9.17, 15) is 0 Å². The number of likely N-dealkylation sites (N-methyl/N-ethyl adjacent to an activating group) is 1. The first-order valence-electron chi connectivity index (χ1n) is 6.73. The summed E-state index contributed by atoms with van der Waals surface area (Å²) < 4.78 is 3.26. The normalized spacial score (nSPS) is 12.6. The van der Waals surface area contributed by atoms with Crippen molar-refractivity contribution in [2.24, 2.45) is 0 Å². The fourth-order valence-electron chi connectivity index (χ4n) is 2.20. The van der Waals surface area contributed by atoms with Gasteiger partial charge >= 0.3 is 0 Å². The number of nitrogens with zero attached hydrogens (tertiary/aromatic N) is 2. The van der Waals surface area contributed by atoms with Crippen LogP contribution in [0.1, 0.15) is 31.0 Å². The maximum absolute atomic E-state index is 4.35. The standard InChI is InChI=1S/C15H20IN3/c1-3-17-15(13-6-5-7-14(16)9-13)8-12-10-18-19(4-2)11-12/h5-7,9-11,15,17H,3-4,8H2,1-2H3. The Labute approximate surface area is 128 Å². The summed E-state index contributed by atoms with van der Waals surface area (Å²) in [4.78, 5) is 0. The third-order valence-electron chi connectivity index (χ3n) is 3.15. The molecule has 19 heavy (non-hydrogen) atoms. The highest BCUT2D eigenvalue weighted by Gasteiger charge is 2.12. The summed E-state index contributed by atoms with van der Waals surface area (Å²) in [5.41, 5.74) is 2.63. The minimum atomic E-state index is 0.356. The van der Waals surface area contributed by atoms with Crippen molar-refractivity contribution in [2.75, 3.05) is 6.54 Å². The predicted octanol–water partition coefficient (Wildman–Crippen LogP) is 3.40. The van der Waals surface area contributed by atoms with Gasteiger partial charge in [-0.15, -0.1) is 0 Å². The molecule has 0 aliphatic rings. The predicted molar refractivity (Wildman–Crippen MR) is 87.2 cm³/mol. The second-order valence-electron chi connectivity index (χ2n) is 4.57. The van der Waals surface area contributed by atoms with E-state index < -0.39 is 0 Å². The summed E-state index contributed by atoms with van der Waals surface area (Å²) >= 11 is 2.36. The summed E-state index contributed by atoms with van der Waals surface area (Å²) in [6.45, 7) is 6.15. The van der Waals surface area contributed by atoms with Gasteiger partial charge < -0.3 is 5.32 Å². The molecule has 3 nitrogen and oxygen atoms in total. The quantitative estimate of drug-likeness (QED) is 0.791. The zero-order valence-corrected chi connectivity index (χ0v) is 13.6. The Hall–Kier alpha value is -0.880. The van der Waals surface area contributed by atoms with E-state index in [0.29, 0.717) is 6.04 Å². The van der Waals surface area contributed by atoms with Crippen LogP contribution in [0, 0.1) is 3.57 Å². The molecule has 1 unspecified atom stereocenters. The molecular weight excluding hydrogens is 349 g/mol. The molecular formula is C15H20IN3. The number of benzene rings is 1. The van der Waals surface area contributed by atoms with Gasteiger partial charge in [-0.25, -0.2) is 0 Å². The van der Waals surface area contributed by atoms with Crippen molar-refractivity contribution in [3.63, 3.8) is 0 Å². The van der Waals surface area contributed by atoms with Crippen molar-refractivity contribution in [3.05, 3.63) is 51.4 Å². The topological polar surface area (TPSA) is 29.9 Å². The van der Waals surface area contributed by atoms with Crippen LogP contribution in [0.3, 0.4) is 0 Å². The molecule has 0 saturated heterocycles. The zero-order chi connectivity index (χ0) is 13.7. The first-order chi connectivity index (χ1) is 9.22. The van der Waals surface area contributed by atoms with Gasteiger partial charge in [-0.05, 0) is 65.7 Å². The minimum Gasteiger partial charge on any atom is -0.310 e. The van der Waals surface area contributed by atoms with E-state index in [-0.39, 0.29) is 0 Å². The van der Waals surface area contributed by atoms with E-state index in [4.69, 9.17) is 0 Å². The van der Waals surface area contributed by atoms with Crippen LogP contribution < -0.4 is 5.32 Å². The first-order valence-corrected chi connectivity index (χ1v) is 7.81. The lowest BCUT2D eigenvalue weighted by Gasteiger charge is -2.18. The Kier molecular flexibility index (Phi) is 5.39. The van der Waals surface area contributed by atoms with Gasteiger partial charge in [0, 0.05) is 22.4 Å². The van der Waals surface area contributed by atoms with Crippen molar-refractivity contribution in [1.29, 1.82) is 0 Å². The van der Waals surface area contributed by atoms with Crippen LogP contribution in [-0.2, 0) is 13.0 Å². The molecule has 102 valence electrons. The molecule has 1 aromatic carbocycles. The van der Waals surface area contributed by atoms with E-state index in [1.165, 1.54) is 14.7 Å². The second kappa shape index (κ2) is 7.05. The van der Waals surface area contributed by atoms with Gasteiger partial charge in [0.1, 0.15) is 0 Å². The van der Waals surface area contributed by atoms with Crippen molar-refractivity contribution in [2.45, 2.75) is 32.9 Å². The van der Waals surface area contributed by atoms with Gasteiger partial charge in [0.05, 0.1) is 6.20 Å². The summed E-state index contributed by atoms with van der Waals surface area (Å²) in [6.07, 6.45) is 5.09. The molecule has 0 fully saturated rings. The molecule has 0 amide bonds. The summed E-state index contributed by atoms with van der Waals surface area (Å²) in [5.74, 6) is 0. The lowest BCUT2D eigenvalue weighted by atomic mass is 10.0. The lowest BCUT2D eigenvalue weighted by Crippen LogP contribution is -2.22. The second-order valence-corrected chi connectivity index (χ2v) is 5.82. The molecule has 1 atom stereocenters. The van der Waals surface area contributed by atoms with E-state index in [0.717, 1.165) is 19.5 Å². The summed E-state index contributed by atoms with van der Waals surface area (Å²) in [5, 5.41) is 7.91. The number of aryl methyl sites for hydroxylation is 1. The van der Waals surface area contributed by atoms with E-state index in [1.807, 2.05) is 10.9 Å². The smallest absolute Gasteiger partial charge is 0.0522 e. The number of hydrogen-bond acceptors (Lipinski definition) is 2. The molecule has 0 aliphatic carbocycles. The maximum atomic E-state index is 4.35. The number of rotatable bonds is 6. The Morgan fingerprint density at radius 1 is 1.37 bits per heavy atom. The number of nitrogens with one attached hydrogen (secondary N) is 1. The number of hydrogen-bond donors (Lipinski definition) is 1. The van der Waals surface area contributed by atoms with Crippen LogP contribution in [0.2, 0.25) is 0 Å². The fraction of sp³-hybridized carbons (Fsp3) is 0.400. The average Bonchev–Trinajstić information content (AvgIpc) is 2.86. The Morgan fingerprint density at radius 2 is 2.21 bits per heavy atom. The molecule has 1 heterocycles. The number of halogens is 1. The molecule has 4 heteroatoms. The average molecular weight is 369 g/mol. The SMILES string of the molecule is CCNC(Cc1cnn(CC)c1)c1cccc(I)c1. The van der Waals surface area contributed by atoms with E-state index >= 15 is 0 Å². The van der Waals surface area contributed by atoms with Crippen LogP contribution >= 0.6 is 22.6 Å². The fourth-order valence-corrected chi connectivity index (χ4v) is 2.77. The summed E-state index contributed by atoms with van der Waals surface area (Å²) in [6, 6.07) is 9.05. The van der Waals surface area contributed by atoms with Crippen LogP contribution in [-0.4, -0.2) is 16.3 Å². The van der Waals surface area contributed by atoms with Crippen molar-refractivity contribution < 1.29 is 0 Å². The van der Waals surface area contributed by atoms with Gasteiger partial charge in [0.25, 0.3) is 0 Å². The largest absolute Gasteiger partial charge is 0.310 e. The van der Waals surface area contributed by atoms with Gasteiger partial charge in [-0.3, -0.25) is 4.68 Å². The maximum Gasteiger partial charge on any atom is 0.0522 e. The van der Waals surface area contributed by atoms with Gasteiger partial charge in [-0.2, -0.15) is 5.10 Å². The van der Waals surface area contributed by atoms with Crippen molar-refractivity contribution in [1.82, 2.24) is 15.1 Å². The molecule has 0 spiro atoms.